The van der Waals surface area contributed by atoms with Gasteiger partial charge in [0.2, 0.25) is 0 Å². The Bertz CT molecular complexity index is 1340. The van der Waals surface area contributed by atoms with Crippen molar-refractivity contribution >= 4 is 21.6 Å². The molecule has 5 unspecified atom stereocenters. The van der Waals surface area contributed by atoms with E-state index in [-0.39, 0.29) is 41.6 Å². The molecule has 0 amide bonds. The molecule has 16 heteroatoms. The van der Waals surface area contributed by atoms with Crippen molar-refractivity contribution in [3.8, 4) is 5.75 Å². The Morgan fingerprint density at radius 3 is 2.30 bits per heavy atom. The molecule has 0 bridgehead atoms. The van der Waals surface area contributed by atoms with E-state index in [1.807, 2.05) is 21.6 Å². The van der Waals surface area contributed by atoms with Gasteiger partial charge in [0.15, 0.2) is 0 Å². The summed E-state index contributed by atoms with van der Waals surface area (Å²) in [5.74, 6) is 14.0. The minimum atomic E-state index is -5.55. The monoisotopic (exact) mass is 859 g/mol. The van der Waals surface area contributed by atoms with Gasteiger partial charge >= 0.3 is 12.4 Å². The minimum absolute atomic E-state index is 0.0342. The molecule has 3 aliphatic rings. The van der Waals surface area contributed by atoms with Gasteiger partial charge in [-0.15, -0.1) is 0 Å². The lowest BCUT2D eigenvalue weighted by atomic mass is 9.55. The van der Waals surface area contributed by atoms with Crippen molar-refractivity contribution in [3.63, 3.8) is 0 Å². The van der Waals surface area contributed by atoms with Gasteiger partial charge in [0, 0.05) is 18.3 Å². The van der Waals surface area contributed by atoms with Crippen LogP contribution >= 0.6 is 21.6 Å². The predicted octanol–water partition coefficient (Wildman–Crippen LogP) is 10.0. The lowest BCUT2D eigenvalue weighted by Gasteiger charge is -2.50. The first-order chi connectivity index (χ1) is 26.9. The quantitative estimate of drug-likeness (QED) is 0.0428. The summed E-state index contributed by atoms with van der Waals surface area (Å²) in [6.07, 6.45) is -3.69. The molecule has 2 fully saturated rings. The molecule has 1 aromatic carbocycles. The number of halogens is 6. The normalized spacial score (nSPS) is 24.2. The molecule has 0 radical (unpaired) electrons. The summed E-state index contributed by atoms with van der Waals surface area (Å²) >= 11 is 0. The molecule has 5 atom stereocenters. The number of aryl methyl sites for hydroxylation is 1. The van der Waals surface area contributed by atoms with E-state index in [1.54, 1.807) is 0 Å². The van der Waals surface area contributed by atoms with Gasteiger partial charge in [0.25, 0.3) is 5.60 Å². The van der Waals surface area contributed by atoms with Crippen LogP contribution in [0.5, 0.6) is 5.75 Å². The van der Waals surface area contributed by atoms with E-state index in [0.717, 1.165) is 82.4 Å². The van der Waals surface area contributed by atoms with E-state index in [1.165, 1.54) is 18.1 Å². The number of nitrogens with zero attached hydrogens (tertiary/aromatic N) is 1. The van der Waals surface area contributed by atoms with Crippen LogP contribution in [-0.2, 0) is 25.6 Å². The maximum absolute atomic E-state index is 13.6. The van der Waals surface area contributed by atoms with E-state index in [0.29, 0.717) is 37.6 Å². The highest BCUT2D eigenvalue weighted by atomic mass is 33.1. The molecule has 1 aromatic rings. The first-order valence-electron chi connectivity index (χ1n) is 20.7. The van der Waals surface area contributed by atoms with E-state index in [2.05, 4.69) is 55.7 Å². The maximum atomic E-state index is 13.6. The van der Waals surface area contributed by atoms with Crippen LogP contribution in [0.15, 0.2) is 18.2 Å². The highest BCUT2D eigenvalue weighted by molar-refractivity contribution is 8.77. The Labute approximate surface area is 344 Å². The average Bonchev–Trinajstić information content (AvgIpc) is 3.48. The summed E-state index contributed by atoms with van der Waals surface area (Å²) in [6, 6.07) is 6.60. The molecule has 3 aliphatic carbocycles. The van der Waals surface area contributed by atoms with Gasteiger partial charge in [-0.3, -0.25) is 0 Å². The van der Waals surface area contributed by atoms with Gasteiger partial charge in [-0.25, -0.2) is 11.8 Å². The summed E-state index contributed by atoms with van der Waals surface area (Å²) in [6.45, 7) is 10.9. The molecule has 0 saturated heterocycles. The third-order valence-electron chi connectivity index (χ3n) is 12.5. The van der Waals surface area contributed by atoms with Gasteiger partial charge in [-0.05, 0) is 151 Å². The van der Waals surface area contributed by atoms with Crippen LogP contribution in [0.1, 0.15) is 115 Å². The molecule has 2 saturated carbocycles. The zero-order valence-electron chi connectivity index (χ0n) is 34.5. The summed E-state index contributed by atoms with van der Waals surface area (Å²) in [5, 5.41) is 0. The van der Waals surface area contributed by atoms with Crippen LogP contribution in [0.2, 0.25) is 0 Å². The number of benzene rings is 1. The van der Waals surface area contributed by atoms with Gasteiger partial charge in [0.05, 0.1) is 30.7 Å². The molecule has 0 spiro atoms. The SMILES string of the molecule is CCCC(OCCCOC1CCC2C3CCc4cc(OCC(C)(C)SSCCCN(C)CCCC(CON)CON)ccc4C3CCC12C)(C(F)(F)F)C(F)(F)F. The standard InChI is InChI=1S/C41H67F6N3O5S2/c1-6-18-39(40(42,43)44,41(45,46)47)53-23-9-22-51-36-16-15-35-34-13-11-30-25-31(12-14-32(30)33(34)17-19-38(35,36)4)52-28-37(2,3)57-56-24-8-21-50(5)20-7-10-29(26-54-48)27-55-49/h12,14,25,29,33-36H,6-11,13,15-24,26-28,48-49H2,1-5H3. The third-order valence-corrected chi connectivity index (χ3v) is 15.9. The van der Waals surface area contributed by atoms with Crippen molar-refractivity contribution in [2.45, 2.75) is 139 Å². The molecule has 4 rings (SSSR count). The van der Waals surface area contributed by atoms with Crippen LogP contribution in [0.4, 0.5) is 26.3 Å². The Hall–Kier alpha value is -0.980. The van der Waals surface area contributed by atoms with Crippen LogP contribution in [0.25, 0.3) is 0 Å². The molecule has 57 heavy (non-hydrogen) atoms. The van der Waals surface area contributed by atoms with Crippen molar-refractivity contribution in [3.05, 3.63) is 29.3 Å². The minimum Gasteiger partial charge on any atom is -0.492 e. The fourth-order valence-corrected chi connectivity index (χ4v) is 12.0. The van der Waals surface area contributed by atoms with Gasteiger partial charge in [-0.2, -0.15) is 26.3 Å². The van der Waals surface area contributed by atoms with Crippen molar-refractivity contribution < 1.29 is 50.2 Å². The molecule has 0 heterocycles. The van der Waals surface area contributed by atoms with E-state index in [9.17, 15) is 26.3 Å². The third kappa shape index (κ3) is 12.8. The van der Waals surface area contributed by atoms with Crippen LogP contribution < -0.4 is 16.5 Å². The largest absolute Gasteiger partial charge is 0.492 e. The first kappa shape index (κ1) is 48.7. The fraction of sp³-hybridized carbons (Fsp3) is 0.854. The Morgan fingerprint density at radius 2 is 1.63 bits per heavy atom. The molecule has 4 N–H and O–H groups in total. The Balaban J connectivity index is 1.19. The number of hydrogen-bond acceptors (Lipinski definition) is 10. The summed E-state index contributed by atoms with van der Waals surface area (Å²) < 4.78 is 98.9. The number of alkyl halides is 6. The van der Waals surface area contributed by atoms with Crippen molar-refractivity contribution in [2.75, 3.05) is 58.9 Å². The van der Waals surface area contributed by atoms with Crippen molar-refractivity contribution in [1.82, 2.24) is 4.90 Å². The Kier molecular flexibility index (Phi) is 18.5. The zero-order valence-corrected chi connectivity index (χ0v) is 36.1. The number of fused-ring (bicyclic) bond motifs is 5. The molecular formula is C41H67F6N3O5S2. The van der Waals surface area contributed by atoms with Crippen molar-refractivity contribution in [2.24, 2.45) is 35.0 Å². The lowest BCUT2D eigenvalue weighted by molar-refractivity contribution is -0.383. The van der Waals surface area contributed by atoms with Gasteiger partial charge in [-0.1, -0.05) is 47.9 Å². The van der Waals surface area contributed by atoms with E-state index in [4.69, 9.17) is 30.9 Å². The van der Waals surface area contributed by atoms with Gasteiger partial charge < -0.3 is 28.8 Å². The van der Waals surface area contributed by atoms with Crippen LogP contribution in [0.3, 0.4) is 0 Å². The van der Waals surface area contributed by atoms with E-state index >= 15 is 0 Å². The first-order valence-corrected chi connectivity index (χ1v) is 23.0. The van der Waals surface area contributed by atoms with E-state index < -0.39 is 31.0 Å². The Morgan fingerprint density at radius 1 is 0.930 bits per heavy atom. The maximum Gasteiger partial charge on any atom is 0.426 e. The zero-order chi connectivity index (χ0) is 41.9. The van der Waals surface area contributed by atoms with Crippen molar-refractivity contribution in [1.29, 1.82) is 0 Å². The number of nitrogens with two attached hydrogens (primary N) is 2. The highest BCUT2D eigenvalue weighted by Gasteiger charge is 2.71. The molecule has 0 aromatic heterocycles. The number of ether oxygens (including phenoxy) is 3. The number of hydrogen-bond donors (Lipinski definition) is 2. The van der Waals surface area contributed by atoms with Crippen LogP contribution in [-0.4, -0.2) is 92.6 Å². The summed E-state index contributed by atoms with van der Waals surface area (Å²) in [4.78, 5) is 11.9. The average molecular weight is 860 g/mol. The van der Waals surface area contributed by atoms with Crippen LogP contribution in [0, 0.1) is 23.2 Å². The highest BCUT2D eigenvalue weighted by Crippen LogP contribution is 2.61. The molecule has 0 aliphatic heterocycles. The second kappa shape index (κ2) is 21.7. The predicted molar refractivity (Wildman–Crippen MR) is 216 cm³/mol. The smallest absolute Gasteiger partial charge is 0.426 e. The topological polar surface area (TPSA) is 101 Å². The molecular weight excluding hydrogens is 793 g/mol. The fourth-order valence-electron chi connectivity index (χ4n) is 9.56. The second-order valence-electron chi connectivity index (χ2n) is 17.3. The summed E-state index contributed by atoms with van der Waals surface area (Å²) in [7, 11) is 5.91. The summed E-state index contributed by atoms with van der Waals surface area (Å²) in [5.41, 5.74) is -1.45. The van der Waals surface area contributed by atoms with Gasteiger partial charge in [0.1, 0.15) is 12.4 Å². The lowest BCUT2D eigenvalue weighted by Crippen LogP contribution is -2.58. The second-order valence-corrected chi connectivity index (χ2v) is 20.4. The molecule has 8 nitrogen and oxygen atoms in total. The molecule has 330 valence electrons. The number of rotatable bonds is 25.